The molecule has 0 spiro atoms. The Kier molecular flexibility index (Phi) is 10.3. The van der Waals surface area contributed by atoms with Gasteiger partial charge in [-0.1, -0.05) is 46.6 Å². The summed E-state index contributed by atoms with van der Waals surface area (Å²) in [5.74, 6) is -1.31. The van der Waals surface area contributed by atoms with E-state index < -0.39 is 30.4 Å². The number of para-hydroxylation sites is 1. The van der Waals surface area contributed by atoms with Crippen molar-refractivity contribution in [2.45, 2.75) is 13.3 Å². The van der Waals surface area contributed by atoms with Crippen LogP contribution in [0.2, 0.25) is 5.02 Å². The van der Waals surface area contributed by atoms with Crippen molar-refractivity contribution in [1.29, 1.82) is 0 Å². The molecule has 0 aromatic heterocycles. The Morgan fingerprint density at radius 3 is 2.52 bits per heavy atom. The van der Waals surface area contributed by atoms with Gasteiger partial charge in [0.15, 0.2) is 18.1 Å². The number of methoxy groups -OCH3 is 1. The van der Waals surface area contributed by atoms with Gasteiger partial charge in [-0.25, -0.2) is 9.69 Å². The van der Waals surface area contributed by atoms with E-state index in [1.165, 1.54) is 25.3 Å². The average molecular weight is 722 g/mol. The lowest BCUT2D eigenvalue weighted by Gasteiger charge is -2.27. The lowest BCUT2D eigenvalue weighted by molar-refractivity contribution is -0.122. The number of hydrogen-bond donors (Lipinski definition) is 2. The van der Waals surface area contributed by atoms with Crippen LogP contribution in [-0.4, -0.2) is 44.1 Å². The second-order valence-electron chi connectivity index (χ2n) is 8.76. The molecule has 218 valence electrons. The summed E-state index contributed by atoms with van der Waals surface area (Å²) in [6, 6.07) is 13.7. The Balaban J connectivity index is 1.63. The van der Waals surface area contributed by atoms with Crippen LogP contribution >= 0.6 is 43.5 Å². The largest absolute Gasteiger partial charge is 0.493 e. The number of amides is 5. The van der Waals surface area contributed by atoms with Gasteiger partial charge in [-0.15, -0.1) is 0 Å². The van der Waals surface area contributed by atoms with Gasteiger partial charge in [0.2, 0.25) is 0 Å². The molecule has 3 aromatic carbocycles. The molecule has 5 amide bonds. The highest BCUT2D eigenvalue weighted by molar-refractivity contribution is 9.11. The number of imide groups is 2. The number of anilines is 2. The average Bonchev–Trinajstić information content (AvgIpc) is 2.95. The number of nitrogens with one attached hydrogen (secondary N) is 2. The molecular formula is C29H24Br2ClN3O7. The number of ether oxygens (including phenoxy) is 3. The molecule has 4 rings (SSSR count). The minimum Gasteiger partial charge on any atom is -0.493 e. The van der Waals surface area contributed by atoms with Crippen LogP contribution in [0.5, 0.6) is 17.2 Å². The first kappa shape index (κ1) is 31.1. The Bertz CT molecular complexity index is 1600. The molecule has 1 aliphatic rings. The van der Waals surface area contributed by atoms with Gasteiger partial charge in [0.1, 0.15) is 11.3 Å². The Labute approximate surface area is 263 Å². The first-order valence-corrected chi connectivity index (χ1v) is 14.5. The highest BCUT2D eigenvalue weighted by atomic mass is 79.9. The molecule has 0 radical (unpaired) electrons. The fourth-order valence-electron chi connectivity index (χ4n) is 3.90. The molecular weight excluding hydrogens is 698 g/mol. The summed E-state index contributed by atoms with van der Waals surface area (Å²) in [5, 5.41) is 5.22. The molecule has 0 aliphatic carbocycles. The molecule has 1 saturated heterocycles. The van der Waals surface area contributed by atoms with Gasteiger partial charge in [-0.05, 0) is 64.8 Å². The third kappa shape index (κ3) is 7.12. The van der Waals surface area contributed by atoms with Gasteiger partial charge >= 0.3 is 6.03 Å². The van der Waals surface area contributed by atoms with Gasteiger partial charge < -0.3 is 19.5 Å². The fourth-order valence-corrected chi connectivity index (χ4v) is 5.46. The third-order valence-corrected chi connectivity index (χ3v) is 7.18. The lowest BCUT2D eigenvalue weighted by Crippen LogP contribution is -2.54. The van der Waals surface area contributed by atoms with Crippen LogP contribution in [0.4, 0.5) is 16.2 Å². The van der Waals surface area contributed by atoms with E-state index in [4.69, 9.17) is 25.8 Å². The molecule has 1 aliphatic heterocycles. The first-order chi connectivity index (χ1) is 20.1. The summed E-state index contributed by atoms with van der Waals surface area (Å²) in [6.45, 7) is 2.01. The molecule has 2 N–H and O–H groups in total. The van der Waals surface area contributed by atoms with Crippen LogP contribution in [0.15, 0.2) is 69.1 Å². The summed E-state index contributed by atoms with van der Waals surface area (Å²) in [4.78, 5) is 52.6. The summed E-state index contributed by atoms with van der Waals surface area (Å²) < 4.78 is 17.9. The zero-order valence-corrected chi connectivity index (χ0v) is 26.3. The van der Waals surface area contributed by atoms with Crippen LogP contribution in [0.3, 0.4) is 0 Å². The van der Waals surface area contributed by atoms with Crippen LogP contribution in [-0.2, 0) is 14.4 Å². The Hall–Kier alpha value is -3.87. The SMILES string of the molecule is CCCOc1ccc(N2C(=O)NC(=O)/C(=C/c3cc(Br)cc(Br)c3OCC(=O)Nc3ccccc3Cl)C2=O)cc1OC. The second kappa shape index (κ2) is 13.9. The van der Waals surface area contributed by atoms with Gasteiger partial charge in [0, 0.05) is 16.1 Å². The fraction of sp³-hybridized carbons (Fsp3) is 0.172. The minimum atomic E-state index is -0.922. The number of nitrogens with zero attached hydrogens (tertiary/aromatic N) is 1. The topological polar surface area (TPSA) is 123 Å². The van der Waals surface area contributed by atoms with E-state index in [0.29, 0.717) is 37.8 Å². The maximum Gasteiger partial charge on any atom is 0.335 e. The smallest absolute Gasteiger partial charge is 0.335 e. The molecule has 3 aromatic rings. The van der Waals surface area contributed by atoms with E-state index in [-0.39, 0.29) is 22.6 Å². The van der Waals surface area contributed by atoms with Crippen molar-refractivity contribution in [2.24, 2.45) is 0 Å². The van der Waals surface area contributed by atoms with E-state index in [0.717, 1.165) is 11.3 Å². The highest BCUT2D eigenvalue weighted by Crippen LogP contribution is 2.36. The van der Waals surface area contributed by atoms with E-state index in [1.807, 2.05) is 6.92 Å². The van der Waals surface area contributed by atoms with E-state index in [2.05, 4.69) is 42.5 Å². The number of carbonyl (C=O) groups excluding carboxylic acids is 4. The van der Waals surface area contributed by atoms with Crippen molar-refractivity contribution in [1.82, 2.24) is 5.32 Å². The predicted octanol–water partition coefficient (Wildman–Crippen LogP) is 6.35. The third-order valence-electron chi connectivity index (χ3n) is 5.80. The minimum absolute atomic E-state index is 0.166. The van der Waals surface area contributed by atoms with E-state index in [1.54, 1.807) is 42.5 Å². The predicted molar refractivity (Wildman–Crippen MR) is 165 cm³/mol. The van der Waals surface area contributed by atoms with Crippen molar-refractivity contribution in [3.63, 3.8) is 0 Å². The molecule has 0 saturated carbocycles. The summed E-state index contributed by atoms with van der Waals surface area (Å²) in [6.07, 6.45) is 2.06. The van der Waals surface area contributed by atoms with Crippen LogP contribution < -0.4 is 29.7 Å². The Morgan fingerprint density at radius 2 is 1.81 bits per heavy atom. The van der Waals surface area contributed by atoms with Crippen LogP contribution in [0.1, 0.15) is 18.9 Å². The van der Waals surface area contributed by atoms with Gasteiger partial charge in [0.05, 0.1) is 34.6 Å². The molecule has 13 heteroatoms. The second-order valence-corrected chi connectivity index (χ2v) is 10.9. The van der Waals surface area contributed by atoms with Gasteiger partial charge in [0.25, 0.3) is 17.7 Å². The van der Waals surface area contributed by atoms with Crippen molar-refractivity contribution < 1.29 is 33.4 Å². The van der Waals surface area contributed by atoms with E-state index in [9.17, 15) is 19.2 Å². The molecule has 0 atom stereocenters. The normalized spacial score (nSPS) is 14.1. The zero-order chi connectivity index (χ0) is 30.4. The molecule has 1 heterocycles. The van der Waals surface area contributed by atoms with Gasteiger partial charge in [-0.3, -0.25) is 19.7 Å². The molecule has 10 nitrogen and oxygen atoms in total. The van der Waals surface area contributed by atoms with Gasteiger partial charge in [-0.2, -0.15) is 0 Å². The summed E-state index contributed by atoms with van der Waals surface area (Å²) in [7, 11) is 1.44. The lowest BCUT2D eigenvalue weighted by atomic mass is 10.1. The number of rotatable bonds is 10. The molecule has 0 unspecified atom stereocenters. The maximum atomic E-state index is 13.6. The first-order valence-electron chi connectivity index (χ1n) is 12.5. The number of hydrogen-bond acceptors (Lipinski definition) is 7. The number of urea groups is 1. The summed E-state index contributed by atoms with van der Waals surface area (Å²) in [5.41, 5.74) is 0.534. The number of carbonyl (C=O) groups is 4. The quantitative estimate of drug-likeness (QED) is 0.185. The van der Waals surface area contributed by atoms with Crippen molar-refractivity contribution in [3.05, 3.63) is 79.7 Å². The number of halogens is 3. The molecule has 1 fully saturated rings. The molecule has 0 bridgehead atoms. The Morgan fingerprint density at radius 1 is 1.05 bits per heavy atom. The monoisotopic (exact) mass is 719 g/mol. The standard InChI is InChI=1S/C29H24Br2ClN3O7/c1-3-10-41-23-9-8-18(14-24(23)40-2)35-28(38)19(27(37)34-29(35)39)12-16-11-17(30)13-20(31)26(16)42-15-25(36)33-22-7-5-4-6-21(22)32/h4-9,11-14H,3,10,15H2,1-2H3,(H,33,36)(H,34,37,39)/b19-12-. The number of barbiturate groups is 1. The zero-order valence-electron chi connectivity index (χ0n) is 22.3. The summed E-state index contributed by atoms with van der Waals surface area (Å²) >= 11 is 12.9. The maximum absolute atomic E-state index is 13.6. The number of benzene rings is 3. The van der Waals surface area contributed by atoms with Crippen molar-refractivity contribution in [3.8, 4) is 17.2 Å². The highest BCUT2D eigenvalue weighted by Gasteiger charge is 2.37. The molecule has 42 heavy (non-hydrogen) atoms. The van der Waals surface area contributed by atoms with Crippen molar-refractivity contribution >= 4 is 84.7 Å². The van der Waals surface area contributed by atoms with E-state index >= 15 is 0 Å². The van der Waals surface area contributed by atoms with Crippen LogP contribution in [0.25, 0.3) is 6.08 Å². The van der Waals surface area contributed by atoms with Crippen molar-refractivity contribution in [2.75, 3.05) is 30.5 Å². The van der Waals surface area contributed by atoms with Crippen LogP contribution in [0, 0.1) is 0 Å².